The van der Waals surface area contributed by atoms with Gasteiger partial charge in [-0.25, -0.2) is 0 Å². The van der Waals surface area contributed by atoms with Crippen LogP contribution in [0.1, 0.15) is 39.8 Å². The molecule has 2 rings (SSSR count). The highest BCUT2D eigenvalue weighted by molar-refractivity contribution is 6.31. The summed E-state index contributed by atoms with van der Waals surface area (Å²) in [6.07, 6.45) is 2.29. The number of hydrogen-bond donors (Lipinski definition) is 2. The molecular formula is C17H18ClN3O2. The SMILES string of the molecule is CCCNC(=O)c1cc(C(=O)NCc2ccccc2Cl)ccn1. The van der Waals surface area contributed by atoms with Gasteiger partial charge in [0, 0.05) is 29.9 Å². The van der Waals surface area contributed by atoms with Crippen LogP contribution in [0.25, 0.3) is 0 Å². The third-order valence-electron chi connectivity index (χ3n) is 3.19. The number of nitrogens with one attached hydrogen (secondary N) is 2. The monoisotopic (exact) mass is 331 g/mol. The van der Waals surface area contributed by atoms with Gasteiger partial charge in [-0.1, -0.05) is 36.7 Å². The van der Waals surface area contributed by atoms with Crippen molar-refractivity contribution in [2.75, 3.05) is 6.54 Å². The first-order valence-corrected chi connectivity index (χ1v) is 7.75. The molecule has 0 bridgehead atoms. The fourth-order valence-electron chi connectivity index (χ4n) is 1.94. The lowest BCUT2D eigenvalue weighted by atomic mass is 10.2. The van der Waals surface area contributed by atoms with Gasteiger partial charge in [-0.05, 0) is 30.2 Å². The fourth-order valence-corrected chi connectivity index (χ4v) is 2.15. The van der Waals surface area contributed by atoms with Crippen molar-refractivity contribution in [3.63, 3.8) is 0 Å². The van der Waals surface area contributed by atoms with Crippen LogP contribution in [0, 0.1) is 0 Å². The Morgan fingerprint density at radius 3 is 2.65 bits per heavy atom. The predicted octanol–water partition coefficient (Wildman–Crippen LogP) is 2.80. The third-order valence-corrected chi connectivity index (χ3v) is 3.56. The van der Waals surface area contributed by atoms with E-state index in [1.54, 1.807) is 12.1 Å². The van der Waals surface area contributed by atoms with Crippen molar-refractivity contribution >= 4 is 23.4 Å². The van der Waals surface area contributed by atoms with Gasteiger partial charge in [0.25, 0.3) is 11.8 Å². The number of halogens is 1. The molecule has 2 amide bonds. The molecule has 0 aliphatic heterocycles. The highest BCUT2D eigenvalue weighted by atomic mass is 35.5. The van der Waals surface area contributed by atoms with Gasteiger partial charge in [-0.3, -0.25) is 14.6 Å². The second-order valence-corrected chi connectivity index (χ2v) is 5.37. The number of pyridine rings is 1. The lowest BCUT2D eigenvalue weighted by Crippen LogP contribution is -2.26. The van der Waals surface area contributed by atoms with E-state index in [2.05, 4.69) is 15.6 Å². The van der Waals surface area contributed by atoms with Crippen LogP contribution in [0.3, 0.4) is 0 Å². The summed E-state index contributed by atoms with van der Waals surface area (Å²) in [7, 11) is 0. The van der Waals surface area contributed by atoms with E-state index in [-0.39, 0.29) is 17.5 Å². The molecule has 0 saturated heterocycles. The van der Waals surface area contributed by atoms with Crippen molar-refractivity contribution in [1.82, 2.24) is 15.6 Å². The van der Waals surface area contributed by atoms with Gasteiger partial charge in [0.05, 0.1) is 0 Å². The normalized spacial score (nSPS) is 10.2. The molecule has 1 aromatic carbocycles. The predicted molar refractivity (Wildman–Crippen MR) is 89.5 cm³/mol. The fraction of sp³-hybridized carbons (Fsp3) is 0.235. The van der Waals surface area contributed by atoms with Gasteiger partial charge < -0.3 is 10.6 Å². The summed E-state index contributed by atoms with van der Waals surface area (Å²) in [5.41, 5.74) is 1.44. The van der Waals surface area contributed by atoms with Gasteiger partial charge in [0.2, 0.25) is 0 Å². The maximum atomic E-state index is 12.2. The number of amides is 2. The summed E-state index contributed by atoms with van der Waals surface area (Å²) in [4.78, 5) is 28.1. The molecule has 0 spiro atoms. The van der Waals surface area contributed by atoms with Crippen LogP contribution < -0.4 is 10.6 Å². The van der Waals surface area contributed by atoms with Crippen LogP contribution in [0.2, 0.25) is 5.02 Å². The average Bonchev–Trinajstić information content (AvgIpc) is 2.58. The zero-order valence-corrected chi connectivity index (χ0v) is 13.6. The van der Waals surface area contributed by atoms with Gasteiger partial charge in [0.1, 0.15) is 5.69 Å². The molecule has 6 heteroatoms. The molecule has 0 aliphatic carbocycles. The van der Waals surface area contributed by atoms with E-state index in [0.717, 1.165) is 12.0 Å². The Kier molecular flexibility index (Phi) is 6.11. The first kappa shape index (κ1) is 17.0. The Labute approximate surface area is 140 Å². The Morgan fingerprint density at radius 2 is 1.91 bits per heavy atom. The molecule has 2 aromatic rings. The van der Waals surface area contributed by atoms with Gasteiger partial charge in [0.15, 0.2) is 0 Å². The molecule has 0 radical (unpaired) electrons. The number of carbonyl (C=O) groups excluding carboxylic acids is 2. The van der Waals surface area contributed by atoms with Crippen LogP contribution in [-0.2, 0) is 6.54 Å². The standard InChI is InChI=1S/C17H18ClN3O2/c1-2-8-20-17(23)15-10-12(7-9-19-15)16(22)21-11-13-5-3-4-6-14(13)18/h3-7,9-10H,2,8,11H2,1H3,(H,20,23)(H,21,22). The molecule has 0 unspecified atom stereocenters. The molecule has 1 aromatic heterocycles. The van der Waals surface area contributed by atoms with Crippen molar-refractivity contribution in [3.8, 4) is 0 Å². The minimum atomic E-state index is -0.285. The van der Waals surface area contributed by atoms with Crippen molar-refractivity contribution < 1.29 is 9.59 Å². The van der Waals surface area contributed by atoms with E-state index >= 15 is 0 Å². The minimum Gasteiger partial charge on any atom is -0.351 e. The highest BCUT2D eigenvalue weighted by Crippen LogP contribution is 2.14. The number of benzene rings is 1. The number of carbonyl (C=O) groups is 2. The quantitative estimate of drug-likeness (QED) is 0.855. The van der Waals surface area contributed by atoms with Crippen LogP contribution in [0.15, 0.2) is 42.6 Å². The molecule has 120 valence electrons. The van der Waals surface area contributed by atoms with Crippen LogP contribution in [0.4, 0.5) is 0 Å². The summed E-state index contributed by atoms with van der Waals surface area (Å²) in [6, 6.07) is 10.4. The first-order valence-electron chi connectivity index (χ1n) is 7.37. The highest BCUT2D eigenvalue weighted by Gasteiger charge is 2.11. The molecule has 5 nitrogen and oxygen atoms in total. The van der Waals surface area contributed by atoms with E-state index in [9.17, 15) is 9.59 Å². The smallest absolute Gasteiger partial charge is 0.269 e. The van der Waals surface area contributed by atoms with E-state index < -0.39 is 0 Å². The second-order valence-electron chi connectivity index (χ2n) is 4.96. The molecular weight excluding hydrogens is 314 g/mol. The van der Waals surface area contributed by atoms with Gasteiger partial charge >= 0.3 is 0 Å². The minimum absolute atomic E-state index is 0.226. The van der Waals surface area contributed by atoms with Crippen LogP contribution in [0.5, 0.6) is 0 Å². The van der Waals surface area contributed by atoms with Gasteiger partial charge in [-0.15, -0.1) is 0 Å². The first-order chi connectivity index (χ1) is 11.1. The molecule has 23 heavy (non-hydrogen) atoms. The Bertz CT molecular complexity index is 704. The van der Waals surface area contributed by atoms with Crippen LogP contribution in [-0.4, -0.2) is 23.3 Å². The maximum absolute atomic E-state index is 12.2. The van der Waals surface area contributed by atoms with E-state index in [4.69, 9.17) is 11.6 Å². The molecule has 2 N–H and O–H groups in total. The molecule has 0 atom stereocenters. The van der Waals surface area contributed by atoms with E-state index in [1.807, 2.05) is 25.1 Å². The zero-order chi connectivity index (χ0) is 16.7. The van der Waals surface area contributed by atoms with E-state index in [0.29, 0.717) is 23.7 Å². The van der Waals surface area contributed by atoms with Crippen molar-refractivity contribution in [1.29, 1.82) is 0 Å². The summed E-state index contributed by atoms with van der Waals surface area (Å²) < 4.78 is 0. The maximum Gasteiger partial charge on any atom is 0.269 e. The topological polar surface area (TPSA) is 71.1 Å². The van der Waals surface area contributed by atoms with Crippen molar-refractivity contribution in [3.05, 3.63) is 64.4 Å². The zero-order valence-electron chi connectivity index (χ0n) is 12.8. The number of nitrogens with zero attached hydrogens (tertiary/aromatic N) is 1. The number of rotatable bonds is 6. The largest absolute Gasteiger partial charge is 0.351 e. The van der Waals surface area contributed by atoms with Crippen molar-refractivity contribution in [2.45, 2.75) is 19.9 Å². The summed E-state index contributed by atoms with van der Waals surface area (Å²) in [5.74, 6) is -0.565. The number of hydrogen-bond acceptors (Lipinski definition) is 3. The van der Waals surface area contributed by atoms with E-state index in [1.165, 1.54) is 12.3 Å². The second kappa shape index (κ2) is 8.29. The lowest BCUT2D eigenvalue weighted by molar-refractivity contribution is 0.0948. The summed E-state index contributed by atoms with van der Waals surface area (Å²) in [6.45, 7) is 2.86. The number of aromatic nitrogens is 1. The Hall–Kier alpha value is -2.40. The molecule has 0 fully saturated rings. The van der Waals surface area contributed by atoms with Gasteiger partial charge in [-0.2, -0.15) is 0 Å². The average molecular weight is 332 g/mol. The molecule has 0 saturated carbocycles. The Morgan fingerprint density at radius 1 is 1.13 bits per heavy atom. The van der Waals surface area contributed by atoms with Crippen LogP contribution >= 0.6 is 11.6 Å². The van der Waals surface area contributed by atoms with Crippen molar-refractivity contribution in [2.24, 2.45) is 0 Å². The Balaban J connectivity index is 2.02. The molecule has 1 heterocycles. The lowest BCUT2D eigenvalue weighted by Gasteiger charge is -2.08. The summed E-state index contributed by atoms with van der Waals surface area (Å²) in [5, 5.41) is 6.11. The molecule has 0 aliphatic rings. The summed E-state index contributed by atoms with van der Waals surface area (Å²) >= 11 is 6.05. The third kappa shape index (κ3) is 4.79.